The molecule has 1 heterocycles. The number of hydrogen-bond donors (Lipinski definition) is 0. The number of hydrogen-bond acceptors (Lipinski definition) is 3. The van der Waals surface area contributed by atoms with Gasteiger partial charge in [0.15, 0.2) is 6.29 Å². The minimum Gasteiger partial charge on any atom is -0.444 e. The summed E-state index contributed by atoms with van der Waals surface area (Å²) < 4.78 is 7.51. The first-order chi connectivity index (χ1) is 10.7. The van der Waals surface area contributed by atoms with E-state index in [4.69, 9.17) is 4.74 Å². The highest BCUT2D eigenvalue weighted by molar-refractivity contribution is 9.10. The number of nitrogens with zero attached hydrogens (tertiary/aromatic N) is 1. The number of fused-ring (bicyclic) bond motifs is 1. The quantitative estimate of drug-likeness (QED) is 0.652. The lowest BCUT2D eigenvalue weighted by molar-refractivity contribution is 0.112. The summed E-state index contributed by atoms with van der Waals surface area (Å²) in [7, 11) is 0. The van der Waals surface area contributed by atoms with Gasteiger partial charge in [0.1, 0.15) is 6.61 Å². The van der Waals surface area contributed by atoms with Crippen LogP contribution in [0.1, 0.15) is 15.9 Å². The number of ether oxygens (including phenoxy) is 1. The molecular formula is C17H12BrNO3. The van der Waals surface area contributed by atoms with E-state index in [1.807, 2.05) is 36.4 Å². The average Bonchev–Trinajstić information content (AvgIpc) is 2.91. The first-order valence-electron chi connectivity index (χ1n) is 6.66. The van der Waals surface area contributed by atoms with Crippen LogP contribution in [0.4, 0.5) is 4.79 Å². The molecule has 2 aromatic carbocycles. The Morgan fingerprint density at radius 1 is 1.18 bits per heavy atom. The van der Waals surface area contributed by atoms with Gasteiger partial charge in [-0.2, -0.15) is 0 Å². The maximum absolute atomic E-state index is 12.3. The van der Waals surface area contributed by atoms with Crippen LogP contribution in [0.2, 0.25) is 0 Å². The minimum atomic E-state index is -0.510. The molecule has 0 atom stereocenters. The summed E-state index contributed by atoms with van der Waals surface area (Å²) in [5, 5.41) is 0.709. The maximum atomic E-state index is 12.3. The molecule has 0 amide bonds. The van der Waals surface area contributed by atoms with Crippen molar-refractivity contribution in [1.29, 1.82) is 0 Å². The third kappa shape index (κ3) is 2.80. The first-order valence-corrected chi connectivity index (χ1v) is 7.45. The van der Waals surface area contributed by atoms with E-state index in [9.17, 15) is 9.59 Å². The van der Waals surface area contributed by atoms with Crippen LogP contribution in [-0.4, -0.2) is 16.9 Å². The number of carbonyl (C=O) groups is 2. The molecule has 0 spiro atoms. The zero-order chi connectivity index (χ0) is 15.5. The molecule has 0 radical (unpaired) electrons. The predicted octanol–water partition coefficient (Wildman–Crippen LogP) is 4.40. The number of carbonyl (C=O) groups excluding carboxylic acids is 2. The lowest BCUT2D eigenvalue weighted by Crippen LogP contribution is -2.12. The molecule has 4 nitrogen and oxygen atoms in total. The van der Waals surface area contributed by atoms with Crippen LogP contribution in [0.5, 0.6) is 0 Å². The Hall–Kier alpha value is -2.40. The van der Waals surface area contributed by atoms with Crippen LogP contribution in [0.15, 0.2) is 59.2 Å². The molecule has 110 valence electrons. The standard InChI is InChI=1S/C17H12BrNO3/c18-14-6-7-16-15(8-14)13(10-20)9-19(16)17(21)22-11-12-4-2-1-3-5-12/h1-10H,11H2. The van der Waals surface area contributed by atoms with Crippen molar-refractivity contribution in [2.45, 2.75) is 6.61 Å². The molecule has 0 aliphatic carbocycles. The van der Waals surface area contributed by atoms with Crippen molar-refractivity contribution < 1.29 is 14.3 Å². The summed E-state index contributed by atoms with van der Waals surface area (Å²) in [4.78, 5) is 23.4. The molecule has 22 heavy (non-hydrogen) atoms. The summed E-state index contributed by atoms with van der Waals surface area (Å²) >= 11 is 3.36. The van der Waals surface area contributed by atoms with Gasteiger partial charge < -0.3 is 4.74 Å². The van der Waals surface area contributed by atoms with Gasteiger partial charge in [0.25, 0.3) is 0 Å². The fourth-order valence-electron chi connectivity index (χ4n) is 2.26. The molecule has 0 fully saturated rings. The third-order valence-corrected chi connectivity index (χ3v) is 3.82. The number of rotatable bonds is 3. The number of benzene rings is 2. The van der Waals surface area contributed by atoms with Crippen molar-refractivity contribution in [3.8, 4) is 0 Å². The average molecular weight is 358 g/mol. The SMILES string of the molecule is O=Cc1cn(C(=O)OCc2ccccc2)c2ccc(Br)cc12. The smallest absolute Gasteiger partial charge is 0.418 e. The molecule has 0 bridgehead atoms. The molecule has 3 rings (SSSR count). The minimum absolute atomic E-state index is 0.187. The Balaban J connectivity index is 1.89. The Kier molecular flexibility index (Phi) is 4.06. The van der Waals surface area contributed by atoms with Crippen LogP contribution in [0, 0.1) is 0 Å². The summed E-state index contributed by atoms with van der Waals surface area (Å²) in [5.74, 6) is 0. The van der Waals surface area contributed by atoms with E-state index in [0.29, 0.717) is 16.5 Å². The van der Waals surface area contributed by atoms with Gasteiger partial charge in [-0.25, -0.2) is 4.79 Å². The highest BCUT2D eigenvalue weighted by atomic mass is 79.9. The molecule has 0 N–H and O–H groups in total. The van der Waals surface area contributed by atoms with Crippen molar-refractivity contribution >= 4 is 39.2 Å². The van der Waals surface area contributed by atoms with Gasteiger partial charge in [-0.3, -0.25) is 9.36 Å². The van der Waals surface area contributed by atoms with Crippen LogP contribution >= 0.6 is 15.9 Å². The van der Waals surface area contributed by atoms with Crippen LogP contribution in [0.3, 0.4) is 0 Å². The summed E-state index contributed by atoms with van der Waals surface area (Å²) in [5.41, 5.74) is 2.00. The third-order valence-electron chi connectivity index (χ3n) is 3.33. The second-order valence-electron chi connectivity index (χ2n) is 4.77. The van der Waals surface area contributed by atoms with E-state index in [1.54, 1.807) is 12.1 Å². The van der Waals surface area contributed by atoms with Gasteiger partial charge in [-0.1, -0.05) is 46.3 Å². The van der Waals surface area contributed by atoms with Crippen molar-refractivity contribution in [2.24, 2.45) is 0 Å². The summed E-state index contributed by atoms with van der Waals surface area (Å²) in [6.45, 7) is 0.187. The second-order valence-corrected chi connectivity index (χ2v) is 5.69. The summed E-state index contributed by atoms with van der Waals surface area (Å²) in [6, 6.07) is 14.8. The van der Waals surface area contributed by atoms with Crippen molar-refractivity contribution in [1.82, 2.24) is 4.57 Å². The summed E-state index contributed by atoms with van der Waals surface area (Å²) in [6.07, 6.45) is 1.72. The molecule has 0 aliphatic heterocycles. The first kappa shape index (κ1) is 14.5. The molecule has 5 heteroatoms. The number of aromatic nitrogens is 1. The molecular weight excluding hydrogens is 346 g/mol. The molecule has 0 saturated carbocycles. The largest absolute Gasteiger partial charge is 0.444 e. The van der Waals surface area contributed by atoms with Gasteiger partial charge in [0.2, 0.25) is 0 Å². The molecule has 3 aromatic rings. The highest BCUT2D eigenvalue weighted by Gasteiger charge is 2.14. The van der Waals surface area contributed by atoms with E-state index in [0.717, 1.165) is 16.3 Å². The van der Waals surface area contributed by atoms with Crippen molar-refractivity contribution in [3.63, 3.8) is 0 Å². The molecule has 0 unspecified atom stereocenters. The fraction of sp³-hybridized carbons (Fsp3) is 0.0588. The number of halogens is 1. The Morgan fingerprint density at radius 3 is 2.68 bits per heavy atom. The maximum Gasteiger partial charge on any atom is 0.418 e. The van der Waals surface area contributed by atoms with Gasteiger partial charge in [-0.15, -0.1) is 0 Å². The fourth-order valence-corrected chi connectivity index (χ4v) is 2.62. The van der Waals surface area contributed by atoms with E-state index in [2.05, 4.69) is 15.9 Å². The van der Waals surface area contributed by atoms with E-state index >= 15 is 0 Å². The monoisotopic (exact) mass is 357 g/mol. The predicted molar refractivity (Wildman–Crippen MR) is 87.1 cm³/mol. The van der Waals surface area contributed by atoms with E-state index in [1.165, 1.54) is 10.8 Å². The van der Waals surface area contributed by atoms with E-state index in [-0.39, 0.29) is 6.61 Å². The van der Waals surface area contributed by atoms with Crippen LogP contribution in [-0.2, 0) is 11.3 Å². The number of aldehydes is 1. The second kappa shape index (κ2) is 6.15. The Labute approximate surface area is 135 Å². The van der Waals surface area contributed by atoms with Gasteiger partial charge in [0, 0.05) is 21.6 Å². The lowest BCUT2D eigenvalue weighted by atomic mass is 10.2. The Bertz CT molecular complexity index is 840. The van der Waals surface area contributed by atoms with Crippen molar-refractivity contribution in [3.05, 3.63) is 70.3 Å². The molecule has 0 aliphatic rings. The normalized spacial score (nSPS) is 10.6. The van der Waals surface area contributed by atoms with Gasteiger partial charge >= 0.3 is 6.09 Å². The van der Waals surface area contributed by atoms with E-state index < -0.39 is 6.09 Å². The lowest BCUT2D eigenvalue weighted by Gasteiger charge is -2.06. The Morgan fingerprint density at radius 2 is 1.95 bits per heavy atom. The topological polar surface area (TPSA) is 48.3 Å². The van der Waals surface area contributed by atoms with Crippen molar-refractivity contribution in [2.75, 3.05) is 0 Å². The van der Waals surface area contributed by atoms with Gasteiger partial charge in [0.05, 0.1) is 5.52 Å². The zero-order valence-electron chi connectivity index (χ0n) is 11.5. The highest BCUT2D eigenvalue weighted by Crippen LogP contribution is 2.24. The van der Waals surface area contributed by atoms with Crippen LogP contribution in [0.25, 0.3) is 10.9 Å². The van der Waals surface area contributed by atoms with Gasteiger partial charge in [-0.05, 0) is 23.8 Å². The van der Waals surface area contributed by atoms with Crippen LogP contribution < -0.4 is 0 Å². The molecule has 1 aromatic heterocycles. The zero-order valence-corrected chi connectivity index (χ0v) is 13.1. The molecule has 0 saturated heterocycles.